The van der Waals surface area contributed by atoms with Crippen LogP contribution in [0.3, 0.4) is 0 Å². The highest BCUT2D eigenvalue weighted by molar-refractivity contribution is 5.94. The second-order valence-electron chi connectivity index (χ2n) is 6.42. The van der Waals surface area contributed by atoms with E-state index in [1.165, 1.54) is 4.90 Å². The third-order valence-corrected chi connectivity index (χ3v) is 4.71. The number of carbonyl (C=O) groups excluding carboxylic acids is 1. The van der Waals surface area contributed by atoms with Gasteiger partial charge in [-0.15, -0.1) is 0 Å². The van der Waals surface area contributed by atoms with E-state index in [9.17, 15) is 9.59 Å². The van der Waals surface area contributed by atoms with Gasteiger partial charge in [0.05, 0.1) is 0 Å². The normalized spacial score (nSPS) is 14.2. The Kier molecular flexibility index (Phi) is 4.04. The fourth-order valence-electron chi connectivity index (χ4n) is 3.10. The SMILES string of the molecule is O=C(NCc1ccn2ccnc2c1)c1ccc(C2CN(C(=O)O)C2)cc1. The number of hydrogen-bond acceptors (Lipinski definition) is 3. The summed E-state index contributed by atoms with van der Waals surface area (Å²) in [5.41, 5.74) is 3.47. The first-order chi connectivity index (χ1) is 12.6. The molecule has 2 aromatic heterocycles. The van der Waals surface area contributed by atoms with E-state index < -0.39 is 6.09 Å². The molecule has 0 radical (unpaired) electrons. The van der Waals surface area contributed by atoms with Crippen LogP contribution in [0.2, 0.25) is 0 Å². The summed E-state index contributed by atoms with van der Waals surface area (Å²) in [6.45, 7) is 1.45. The Morgan fingerprint density at radius 1 is 1.15 bits per heavy atom. The van der Waals surface area contributed by atoms with Gasteiger partial charge in [0, 0.05) is 49.7 Å². The molecule has 2 amide bonds. The van der Waals surface area contributed by atoms with Gasteiger partial charge in [-0.1, -0.05) is 12.1 Å². The number of rotatable bonds is 4. The monoisotopic (exact) mass is 350 g/mol. The number of nitrogens with one attached hydrogen (secondary N) is 1. The molecule has 7 heteroatoms. The molecular weight excluding hydrogens is 332 g/mol. The molecule has 3 heterocycles. The van der Waals surface area contributed by atoms with E-state index in [2.05, 4.69) is 10.3 Å². The van der Waals surface area contributed by atoms with Crippen LogP contribution in [0, 0.1) is 0 Å². The van der Waals surface area contributed by atoms with Crippen LogP contribution < -0.4 is 5.32 Å². The fraction of sp³-hybridized carbons (Fsp3) is 0.211. The Hall–Kier alpha value is -3.35. The molecule has 1 aromatic carbocycles. The maximum Gasteiger partial charge on any atom is 0.407 e. The van der Waals surface area contributed by atoms with Crippen molar-refractivity contribution in [1.29, 1.82) is 0 Å². The fourth-order valence-corrected chi connectivity index (χ4v) is 3.10. The van der Waals surface area contributed by atoms with Gasteiger partial charge in [0.25, 0.3) is 5.91 Å². The van der Waals surface area contributed by atoms with Gasteiger partial charge >= 0.3 is 6.09 Å². The van der Waals surface area contributed by atoms with Gasteiger partial charge in [-0.2, -0.15) is 0 Å². The average molecular weight is 350 g/mol. The molecule has 0 atom stereocenters. The van der Waals surface area contributed by atoms with Crippen LogP contribution >= 0.6 is 0 Å². The maximum atomic E-state index is 12.3. The van der Waals surface area contributed by atoms with Crippen molar-refractivity contribution in [3.8, 4) is 0 Å². The Bertz CT molecular complexity index is 958. The number of benzene rings is 1. The third-order valence-electron chi connectivity index (χ3n) is 4.71. The highest BCUT2D eigenvalue weighted by Crippen LogP contribution is 2.27. The second-order valence-corrected chi connectivity index (χ2v) is 6.42. The van der Waals surface area contributed by atoms with Gasteiger partial charge in [0.1, 0.15) is 5.65 Å². The first-order valence-electron chi connectivity index (χ1n) is 8.38. The van der Waals surface area contributed by atoms with Crippen LogP contribution in [0.25, 0.3) is 5.65 Å². The van der Waals surface area contributed by atoms with Crippen molar-refractivity contribution in [2.45, 2.75) is 12.5 Å². The summed E-state index contributed by atoms with van der Waals surface area (Å²) in [5.74, 6) is 0.0741. The highest BCUT2D eigenvalue weighted by atomic mass is 16.4. The van der Waals surface area contributed by atoms with E-state index in [1.807, 2.05) is 41.1 Å². The predicted molar refractivity (Wildman–Crippen MR) is 95.1 cm³/mol. The van der Waals surface area contributed by atoms with E-state index in [4.69, 9.17) is 5.11 Å². The van der Waals surface area contributed by atoms with E-state index in [-0.39, 0.29) is 11.8 Å². The number of fused-ring (bicyclic) bond motifs is 1. The van der Waals surface area contributed by atoms with E-state index in [1.54, 1.807) is 18.3 Å². The summed E-state index contributed by atoms with van der Waals surface area (Å²) in [6.07, 6.45) is 4.64. The van der Waals surface area contributed by atoms with Crippen molar-refractivity contribution >= 4 is 17.6 Å². The van der Waals surface area contributed by atoms with Gasteiger partial charge in [-0.3, -0.25) is 4.79 Å². The van der Waals surface area contributed by atoms with Crippen LogP contribution in [-0.2, 0) is 6.54 Å². The molecule has 132 valence electrons. The zero-order valence-corrected chi connectivity index (χ0v) is 14.0. The van der Waals surface area contributed by atoms with Crippen molar-refractivity contribution in [2.75, 3.05) is 13.1 Å². The first-order valence-corrected chi connectivity index (χ1v) is 8.38. The molecule has 0 saturated carbocycles. The minimum Gasteiger partial charge on any atom is -0.465 e. The number of amides is 2. The highest BCUT2D eigenvalue weighted by Gasteiger charge is 2.31. The van der Waals surface area contributed by atoms with Crippen molar-refractivity contribution in [2.24, 2.45) is 0 Å². The lowest BCUT2D eigenvalue weighted by Gasteiger charge is -2.37. The van der Waals surface area contributed by atoms with Gasteiger partial charge in [-0.25, -0.2) is 9.78 Å². The average Bonchev–Trinajstić information content (AvgIpc) is 3.06. The number of carbonyl (C=O) groups is 2. The molecule has 0 unspecified atom stereocenters. The van der Waals surface area contributed by atoms with Crippen molar-refractivity contribution < 1.29 is 14.7 Å². The lowest BCUT2D eigenvalue weighted by atomic mass is 9.91. The topological polar surface area (TPSA) is 86.9 Å². The minimum absolute atomic E-state index is 0.138. The number of imidazole rings is 1. The van der Waals surface area contributed by atoms with Crippen molar-refractivity contribution in [3.63, 3.8) is 0 Å². The number of likely N-dealkylation sites (tertiary alicyclic amines) is 1. The summed E-state index contributed by atoms with van der Waals surface area (Å²) in [7, 11) is 0. The number of pyridine rings is 1. The number of hydrogen-bond donors (Lipinski definition) is 2. The molecule has 7 nitrogen and oxygen atoms in total. The molecule has 0 bridgehead atoms. The molecule has 0 spiro atoms. The minimum atomic E-state index is -0.884. The molecule has 1 saturated heterocycles. The molecular formula is C19H18N4O3. The summed E-state index contributed by atoms with van der Waals surface area (Å²) >= 11 is 0. The van der Waals surface area contributed by atoms with Crippen molar-refractivity contribution in [1.82, 2.24) is 19.6 Å². The standard InChI is InChI=1S/C19H18N4O3/c24-18(21-10-13-5-7-22-8-6-20-17(22)9-13)15-3-1-14(2-4-15)16-11-23(12-16)19(25)26/h1-9,16H,10-12H2,(H,21,24)(H,25,26). The van der Waals surface area contributed by atoms with Gasteiger partial charge in [-0.05, 0) is 35.4 Å². The number of aromatic nitrogens is 2. The molecule has 1 fully saturated rings. The van der Waals surface area contributed by atoms with E-state index >= 15 is 0 Å². The zero-order chi connectivity index (χ0) is 18.1. The van der Waals surface area contributed by atoms with Crippen LogP contribution in [-0.4, -0.2) is 44.5 Å². The quantitative estimate of drug-likeness (QED) is 0.756. The molecule has 3 aromatic rings. The number of nitrogens with zero attached hydrogens (tertiary/aromatic N) is 3. The lowest BCUT2D eigenvalue weighted by molar-refractivity contribution is 0.0951. The Morgan fingerprint density at radius 3 is 2.65 bits per heavy atom. The molecule has 26 heavy (non-hydrogen) atoms. The second kappa shape index (κ2) is 6.51. The summed E-state index contributed by atoms with van der Waals surface area (Å²) in [5, 5.41) is 11.8. The summed E-state index contributed by atoms with van der Waals surface area (Å²) in [6, 6.07) is 11.2. The maximum absolute atomic E-state index is 12.3. The first kappa shape index (κ1) is 16.1. The molecule has 4 rings (SSSR count). The zero-order valence-electron chi connectivity index (χ0n) is 14.0. The van der Waals surface area contributed by atoms with Gasteiger partial charge < -0.3 is 19.7 Å². The molecule has 0 aliphatic carbocycles. The molecule has 1 aliphatic heterocycles. The van der Waals surface area contributed by atoms with Crippen molar-refractivity contribution in [3.05, 3.63) is 71.7 Å². The summed E-state index contributed by atoms with van der Waals surface area (Å²) < 4.78 is 1.91. The van der Waals surface area contributed by atoms with Crippen LogP contribution in [0.4, 0.5) is 4.79 Å². The Morgan fingerprint density at radius 2 is 1.92 bits per heavy atom. The molecule has 1 aliphatic rings. The van der Waals surface area contributed by atoms with Gasteiger partial charge in [0.15, 0.2) is 0 Å². The third kappa shape index (κ3) is 3.11. The number of carboxylic acid groups (broad SMARTS) is 1. The van der Waals surface area contributed by atoms with Crippen LogP contribution in [0.5, 0.6) is 0 Å². The smallest absolute Gasteiger partial charge is 0.407 e. The largest absolute Gasteiger partial charge is 0.465 e. The Balaban J connectivity index is 1.35. The lowest BCUT2D eigenvalue weighted by Crippen LogP contribution is -2.47. The summed E-state index contributed by atoms with van der Waals surface area (Å²) in [4.78, 5) is 28.7. The predicted octanol–water partition coefficient (Wildman–Crippen LogP) is 2.34. The Labute approximate surface area is 149 Å². The van der Waals surface area contributed by atoms with Crippen LogP contribution in [0.1, 0.15) is 27.4 Å². The van der Waals surface area contributed by atoms with Gasteiger partial charge in [0.2, 0.25) is 0 Å². The van der Waals surface area contributed by atoms with Crippen LogP contribution in [0.15, 0.2) is 55.0 Å². The van der Waals surface area contributed by atoms with E-state index in [0.29, 0.717) is 25.2 Å². The molecule has 2 N–H and O–H groups in total. The van der Waals surface area contributed by atoms with E-state index in [0.717, 1.165) is 16.8 Å².